The molecule has 1 fully saturated rings. The Kier molecular flexibility index (Phi) is 2.16. The summed E-state index contributed by atoms with van der Waals surface area (Å²) in [6, 6.07) is 0. The normalized spacial score (nSPS) is 38.2. The number of allylic oxidation sites excluding steroid dienone is 5. The molecule has 0 aliphatic heterocycles. The molecule has 0 spiro atoms. The van der Waals surface area contributed by atoms with Crippen LogP contribution >= 0.6 is 0 Å². The van der Waals surface area contributed by atoms with Gasteiger partial charge in [0.25, 0.3) is 0 Å². The summed E-state index contributed by atoms with van der Waals surface area (Å²) in [7, 11) is 0. The van der Waals surface area contributed by atoms with E-state index in [2.05, 4.69) is 37.0 Å². The van der Waals surface area contributed by atoms with E-state index in [0.29, 0.717) is 0 Å². The van der Waals surface area contributed by atoms with Crippen molar-refractivity contribution < 1.29 is 0 Å². The lowest BCUT2D eigenvalue weighted by Gasteiger charge is -2.20. The van der Waals surface area contributed by atoms with Crippen molar-refractivity contribution in [2.45, 2.75) is 19.3 Å². The molecule has 0 bridgehead atoms. The summed E-state index contributed by atoms with van der Waals surface area (Å²) in [6.45, 7) is 3.82. The maximum absolute atomic E-state index is 3.82. The average molecular weight is 160 g/mol. The first-order valence-corrected chi connectivity index (χ1v) is 4.87. The van der Waals surface area contributed by atoms with Crippen molar-refractivity contribution in [3.8, 4) is 0 Å². The number of rotatable bonds is 2. The van der Waals surface area contributed by atoms with Gasteiger partial charge in [0.1, 0.15) is 0 Å². The molecule has 0 aromatic heterocycles. The minimum atomic E-state index is 0.813. The molecule has 64 valence electrons. The van der Waals surface area contributed by atoms with Crippen LogP contribution in [0.4, 0.5) is 0 Å². The van der Waals surface area contributed by atoms with Crippen molar-refractivity contribution in [2.24, 2.45) is 17.8 Å². The van der Waals surface area contributed by atoms with E-state index in [1.54, 1.807) is 0 Å². The van der Waals surface area contributed by atoms with E-state index in [4.69, 9.17) is 0 Å². The second-order valence-corrected chi connectivity index (χ2v) is 3.87. The molecule has 0 aromatic carbocycles. The van der Waals surface area contributed by atoms with Gasteiger partial charge < -0.3 is 0 Å². The monoisotopic (exact) mass is 160 g/mol. The van der Waals surface area contributed by atoms with Gasteiger partial charge in [0.15, 0.2) is 0 Å². The second kappa shape index (κ2) is 3.30. The minimum absolute atomic E-state index is 0.813. The fourth-order valence-corrected chi connectivity index (χ4v) is 2.55. The Morgan fingerprint density at radius 2 is 2.08 bits per heavy atom. The Balaban J connectivity index is 2.07. The van der Waals surface area contributed by atoms with Gasteiger partial charge in [-0.3, -0.25) is 0 Å². The van der Waals surface area contributed by atoms with Gasteiger partial charge in [0.2, 0.25) is 0 Å². The molecular weight excluding hydrogens is 144 g/mol. The molecule has 0 N–H and O–H groups in total. The molecule has 0 saturated heterocycles. The van der Waals surface area contributed by atoms with Gasteiger partial charge >= 0.3 is 0 Å². The van der Waals surface area contributed by atoms with E-state index < -0.39 is 0 Å². The van der Waals surface area contributed by atoms with Gasteiger partial charge in [0.05, 0.1) is 0 Å². The van der Waals surface area contributed by atoms with E-state index in [-0.39, 0.29) is 0 Å². The molecule has 2 aliphatic rings. The van der Waals surface area contributed by atoms with Crippen molar-refractivity contribution >= 4 is 0 Å². The minimum Gasteiger partial charge on any atom is -0.103 e. The van der Waals surface area contributed by atoms with Crippen LogP contribution in [0.5, 0.6) is 0 Å². The number of hydrogen-bond donors (Lipinski definition) is 0. The lowest BCUT2D eigenvalue weighted by atomic mass is 9.85. The average Bonchev–Trinajstić information content (AvgIpc) is 2.50. The van der Waals surface area contributed by atoms with E-state index in [1.165, 1.54) is 19.3 Å². The maximum Gasteiger partial charge on any atom is -0.0136 e. The van der Waals surface area contributed by atoms with Gasteiger partial charge in [-0.15, -0.1) is 6.58 Å². The highest BCUT2D eigenvalue weighted by molar-refractivity contribution is 5.17. The highest BCUT2D eigenvalue weighted by atomic mass is 14.4. The van der Waals surface area contributed by atoms with E-state index in [0.717, 1.165) is 17.8 Å². The lowest BCUT2D eigenvalue weighted by molar-refractivity contribution is 0.423. The molecule has 0 nitrogen and oxygen atoms in total. The Hall–Kier alpha value is -0.780. The molecule has 2 aliphatic carbocycles. The van der Waals surface area contributed by atoms with Gasteiger partial charge in [0, 0.05) is 0 Å². The molecule has 3 atom stereocenters. The van der Waals surface area contributed by atoms with Gasteiger partial charge in [-0.25, -0.2) is 0 Å². The molecule has 2 rings (SSSR count). The van der Waals surface area contributed by atoms with E-state index in [9.17, 15) is 0 Å². The second-order valence-electron chi connectivity index (χ2n) is 3.87. The molecular formula is C12H16. The first kappa shape index (κ1) is 7.85. The number of hydrogen-bond acceptors (Lipinski definition) is 0. The SMILES string of the molecule is C=CCC1CCC2C=CC=CC21. The third-order valence-corrected chi connectivity index (χ3v) is 3.18. The molecule has 0 radical (unpaired) electrons. The van der Waals surface area contributed by atoms with E-state index in [1.807, 2.05) is 0 Å². The Labute approximate surface area is 74.7 Å². The summed E-state index contributed by atoms with van der Waals surface area (Å²) in [6.07, 6.45) is 15.2. The van der Waals surface area contributed by atoms with Crippen LogP contribution in [0.25, 0.3) is 0 Å². The first-order chi connectivity index (χ1) is 5.92. The molecule has 1 saturated carbocycles. The predicted molar refractivity (Wildman–Crippen MR) is 52.8 cm³/mol. The summed E-state index contributed by atoms with van der Waals surface area (Å²) in [4.78, 5) is 0. The van der Waals surface area contributed by atoms with Gasteiger partial charge in [-0.1, -0.05) is 30.4 Å². The Morgan fingerprint density at radius 1 is 1.25 bits per heavy atom. The summed E-state index contributed by atoms with van der Waals surface area (Å²) in [5.41, 5.74) is 0. The smallest absolute Gasteiger partial charge is 0.0136 e. The van der Waals surface area contributed by atoms with Crippen LogP contribution in [0.3, 0.4) is 0 Å². The van der Waals surface area contributed by atoms with Gasteiger partial charge in [-0.2, -0.15) is 0 Å². The standard InChI is InChI=1S/C12H16/c1-2-5-10-8-9-11-6-3-4-7-12(10)11/h2-4,6-7,10-12H,1,5,8-9H2. The fraction of sp³-hybridized carbons (Fsp3) is 0.500. The molecule has 0 heterocycles. The first-order valence-electron chi connectivity index (χ1n) is 4.87. The van der Waals surface area contributed by atoms with Crippen LogP contribution in [0.1, 0.15) is 19.3 Å². The highest BCUT2D eigenvalue weighted by Gasteiger charge is 2.32. The highest BCUT2D eigenvalue weighted by Crippen LogP contribution is 2.42. The van der Waals surface area contributed by atoms with Crippen LogP contribution in [0, 0.1) is 17.8 Å². The molecule has 0 aromatic rings. The zero-order chi connectivity index (χ0) is 8.39. The van der Waals surface area contributed by atoms with Crippen molar-refractivity contribution in [1.29, 1.82) is 0 Å². The topological polar surface area (TPSA) is 0 Å². The zero-order valence-corrected chi connectivity index (χ0v) is 7.45. The Bertz CT molecular complexity index is 222. The van der Waals surface area contributed by atoms with Crippen molar-refractivity contribution in [3.05, 3.63) is 37.0 Å². The van der Waals surface area contributed by atoms with Crippen LogP contribution in [0.15, 0.2) is 37.0 Å². The van der Waals surface area contributed by atoms with Crippen molar-refractivity contribution in [2.75, 3.05) is 0 Å². The third-order valence-electron chi connectivity index (χ3n) is 3.18. The molecule has 3 unspecified atom stereocenters. The maximum atomic E-state index is 3.82. The lowest BCUT2D eigenvalue weighted by Crippen LogP contribution is -2.12. The Morgan fingerprint density at radius 3 is 2.92 bits per heavy atom. The molecule has 12 heavy (non-hydrogen) atoms. The summed E-state index contributed by atoms with van der Waals surface area (Å²) in [5, 5.41) is 0. The third kappa shape index (κ3) is 1.26. The van der Waals surface area contributed by atoms with Crippen LogP contribution < -0.4 is 0 Å². The van der Waals surface area contributed by atoms with Crippen LogP contribution in [-0.2, 0) is 0 Å². The van der Waals surface area contributed by atoms with Crippen molar-refractivity contribution in [3.63, 3.8) is 0 Å². The van der Waals surface area contributed by atoms with Crippen molar-refractivity contribution in [1.82, 2.24) is 0 Å². The molecule has 0 amide bonds. The quantitative estimate of drug-likeness (QED) is 0.543. The van der Waals surface area contributed by atoms with Crippen LogP contribution in [-0.4, -0.2) is 0 Å². The van der Waals surface area contributed by atoms with Crippen LogP contribution in [0.2, 0.25) is 0 Å². The summed E-state index contributed by atoms with van der Waals surface area (Å²) in [5.74, 6) is 2.52. The predicted octanol–water partition coefficient (Wildman–Crippen LogP) is 3.33. The largest absolute Gasteiger partial charge is 0.103 e. The molecule has 0 heteroatoms. The number of fused-ring (bicyclic) bond motifs is 1. The fourth-order valence-electron chi connectivity index (χ4n) is 2.55. The summed E-state index contributed by atoms with van der Waals surface area (Å²) >= 11 is 0. The van der Waals surface area contributed by atoms with E-state index >= 15 is 0 Å². The zero-order valence-electron chi connectivity index (χ0n) is 7.45. The summed E-state index contributed by atoms with van der Waals surface area (Å²) < 4.78 is 0. The van der Waals surface area contributed by atoms with Gasteiger partial charge in [-0.05, 0) is 37.0 Å².